The van der Waals surface area contributed by atoms with Gasteiger partial charge in [0.1, 0.15) is 0 Å². The first-order valence-corrected chi connectivity index (χ1v) is 7.10. The van der Waals surface area contributed by atoms with Gasteiger partial charge in [-0.1, -0.05) is 0 Å². The molecule has 1 heterocycles. The van der Waals surface area contributed by atoms with Gasteiger partial charge in [-0.25, -0.2) is 4.79 Å². The van der Waals surface area contributed by atoms with E-state index in [1.165, 1.54) is 0 Å². The van der Waals surface area contributed by atoms with E-state index in [1.807, 2.05) is 14.1 Å². The molecule has 0 spiro atoms. The second-order valence-electron chi connectivity index (χ2n) is 5.36. The van der Waals surface area contributed by atoms with Crippen molar-refractivity contribution < 1.29 is 14.7 Å². The maximum atomic E-state index is 11.9. The van der Waals surface area contributed by atoms with Crippen LogP contribution in [0, 0.1) is 0 Å². The summed E-state index contributed by atoms with van der Waals surface area (Å²) in [5, 5.41) is 11.6. The fourth-order valence-electron chi connectivity index (χ4n) is 2.13. The number of carboxylic acid groups (broad SMARTS) is 1. The highest BCUT2D eigenvalue weighted by atomic mass is 16.4. The number of carboxylic acids is 1. The fourth-order valence-corrected chi connectivity index (χ4v) is 2.13. The monoisotopic (exact) mass is 286 g/mol. The van der Waals surface area contributed by atoms with E-state index in [0.717, 1.165) is 26.1 Å². The molecule has 0 radical (unpaired) electrons. The van der Waals surface area contributed by atoms with Gasteiger partial charge < -0.3 is 20.2 Å². The largest absolute Gasteiger partial charge is 0.481 e. The molecule has 0 atom stereocenters. The molecular formula is C13H26N4O3. The zero-order valence-electron chi connectivity index (χ0n) is 12.5. The lowest BCUT2D eigenvalue weighted by Crippen LogP contribution is -2.52. The summed E-state index contributed by atoms with van der Waals surface area (Å²) < 4.78 is 0. The lowest BCUT2D eigenvalue weighted by atomic mass is 10.3. The van der Waals surface area contributed by atoms with E-state index in [1.54, 1.807) is 4.90 Å². The predicted molar refractivity (Wildman–Crippen MR) is 76.8 cm³/mol. The van der Waals surface area contributed by atoms with Crippen LogP contribution in [0.4, 0.5) is 4.79 Å². The number of carbonyl (C=O) groups is 2. The van der Waals surface area contributed by atoms with Gasteiger partial charge in [-0.2, -0.15) is 0 Å². The Morgan fingerprint density at radius 1 is 1.20 bits per heavy atom. The second-order valence-corrected chi connectivity index (χ2v) is 5.36. The van der Waals surface area contributed by atoms with Crippen LogP contribution in [-0.2, 0) is 4.79 Å². The lowest BCUT2D eigenvalue weighted by Gasteiger charge is -2.34. The maximum absolute atomic E-state index is 11.9. The number of nitrogens with zero attached hydrogens (tertiary/aromatic N) is 3. The standard InChI is InChI=1S/C13H26N4O3/c1-15(2)6-3-5-14-13(20)17-10-8-16(9-11-17)7-4-12(18)19/h3-11H2,1-2H3,(H,14,20)(H,18,19). The summed E-state index contributed by atoms with van der Waals surface area (Å²) in [4.78, 5) is 28.4. The van der Waals surface area contributed by atoms with Crippen LogP contribution in [0.15, 0.2) is 0 Å². The Morgan fingerprint density at radius 2 is 1.85 bits per heavy atom. The number of carbonyl (C=O) groups excluding carboxylic acids is 1. The zero-order valence-corrected chi connectivity index (χ0v) is 12.5. The molecule has 0 aromatic rings. The number of urea groups is 1. The van der Waals surface area contributed by atoms with Gasteiger partial charge in [0.2, 0.25) is 0 Å². The SMILES string of the molecule is CN(C)CCCNC(=O)N1CCN(CCC(=O)O)CC1. The van der Waals surface area contributed by atoms with Gasteiger partial charge in [-0.05, 0) is 27.1 Å². The number of hydrogen-bond donors (Lipinski definition) is 2. The smallest absolute Gasteiger partial charge is 0.317 e. The Balaban J connectivity index is 2.14. The third kappa shape index (κ3) is 6.72. The predicted octanol–water partition coefficient (Wildman–Crippen LogP) is -0.260. The molecule has 1 aliphatic heterocycles. The van der Waals surface area contributed by atoms with Gasteiger partial charge in [-0.3, -0.25) is 9.69 Å². The van der Waals surface area contributed by atoms with Gasteiger partial charge >= 0.3 is 12.0 Å². The summed E-state index contributed by atoms with van der Waals surface area (Å²) >= 11 is 0. The van der Waals surface area contributed by atoms with Crippen molar-refractivity contribution in [1.29, 1.82) is 0 Å². The summed E-state index contributed by atoms with van der Waals surface area (Å²) in [7, 11) is 4.02. The van der Waals surface area contributed by atoms with Crippen LogP contribution in [0.1, 0.15) is 12.8 Å². The highest BCUT2D eigenvalue weighted by molar-refractivity contribution is 5.74. The minimum Gasteiger partial charge on any atom is -0.481 e. The van der Waals surface area contributed by atoms with E-state index in [4.69, 9.17) is 5.11 Å². The van der Waals surface area contributed by atoms with Gasteiger partial charge in [0.05, 0.1) is 6.42 Å². The van der Waals surface area contributed by atoms with Gasteiger partial charge in [0.25, 0.3) is 0 Å². The first-order valence-electron chi connectivity index (χ1n) is 7.10. The van der Waals surface area contributed by atoms with Gasteiger partial charge in [0, 0.05) is 39.3 Å². The number of amides is 2. The molecule has 7 nitrogen and oxygen atoms in total. The molecule has 7 heteroatoms. The van der Waals surface area contributed by atoms with Gasteiger partial charge in [-0.15, -0.1) is 0 Å². The minimum atomic E-state index is -0.772. The summed E-state index contributed by atoms with van der Waals surface area (Å²) in [5.41, 5.74) is 0. The molecule has 1 fully saturated rings. The third-order valence-electron chi connectivity index (χ3n) is 3.36. The minimum absolute atomic E-state index is 0.0124. The van der Waals surface area contributed by atoms with E-state index in [2.05, 4.69) is 15.1 Å². The van der Waals surface area contributed by atoms with Crippen molar-refractivity contribution >= 4 is 12.0 Å². The van der Waals surface area contributed by atoms with E-state index >= 15 is 0 Å². The van der Waals surface area contributed by atoms with Gasteiger partial charge in [0.15, 0.2) is 0 Å². The molecule has 0 bridgehead atoms. The molecule has 0 unspecified atom stereocenters. The fraction of sp³-hybridized carbons (Fsp3) is 0.846. The average molecular weight is 286 g/mol. The average Bonchev–Trinajstić information content (AvgIpc) is 2.41. The van der Waals surface area contributed by atoms with Crippen LogP contribution in [-0.4, -0.2) is 91.7 Å². The quantitative estimate of drug-likeness (QED) is 0.631. The Labute approximate surface area is 120 Å². The van der Waals surface area contributed by atoms with Crippen molar-refractivity contribution in [2.45, 2.75) is 12.8 Å². The molecule has 2 amide bonds. The second kappa shape index (κ2) is 8.76. The van der Waals surface area contributed by atoms with Crippen LogP contribution in [0.2, 0.25) is 0 Å². The molecule has 20 heavy (non-hydrogen) atoms. The molecule has 1 saturated heterocycles. The number of rotatable bonds is 7. The zero-order chi connectivity index (χ0) is 15.0. The van der Waals surface area contributed by atoms with E-state index < -0.39 is 5.97 Å². The molecule has 0 aromatic heterocycles. The molecule has 1 aliphatic rings. The molecule has 2 N–H and O–H groups in total. The topological polar surface area (TPSA) is 76.1 Å². The van der Waals surface area contributed by atoms with Crippen molar-refractivity contribution in [3.63, 3.8) is 0 Å². The summed E-state index contributed by atoms with van der Waals surface area (Å²) in [6.45, 7) is 5.04. The van der Waals surface area contributed by atoms with E-state index in [-0.39, 0.29) is 12.5 Å². The van der Waals surface area contributed by atoms with Crippen LogP contribution < -0.4 is 5.32 Å². The molecule has 0 aliphatic carbocycles. The summed E-state index contributed by atoms with van der Waals surface area (Å²) in [6.07, 6.45) is 1.11. The van der Waals surface area contributed by atoms with Crippen LogP contribution in [0.5, 0.6) is 0 Å². The third-order valence-corrected chi connectivity index (χ3v) is 3.36. The van der Waals surface area contributed by atoms with Crippen molar-refractivity contribution in [2.75, 3.05) is 59.9 Å². The van der Waals surface area contributed by atoms with Crippen molar-refractivity contribution in [3.8, 4) is 0 Å². The Morgan fingerprint density at radius 3 is 2.40 bits per heavy atom. The summed E-state index contributed by atoms with van der Waals surface area (Å²) in [5.74, 6) is -0.772. The molecule has 116 valence electrons. The first-order chi connectivity index (χ1) is 9.49. The number of aliphatic carboxylic acids is 1. The van der Waals surface area contributed by atoms with Crippen molar-refractivity contribution in [1.82, 2.24) is 20.0 Å². The maximum Gasteiger partial charge on any atom is 0.317 e. The number of hydrogen-bond acceptors (Lipinski definition) is 4. The highest BCUT2D eigenvalue weighted by Gasteiger charge is 2.20. The summed E-state index contributed by atoms with van der Waals surface area (Å²) in [6, 6.07) is -0.0124. The van der Waals surface area contributed by atoms with Crippen LogP contribution in [0.25, 0.3) is 0 Å². The van der Waals surface area contributed by atoms with Crippen LogP contribution >= 0.6 is 0 Å². The Bertz CT molecular complexity index is 315. The van der Waals surface area contributed by atoms with Crippen molar-refractivity contribution in [3.05, 3.63) is 0 Å². The molecule has 0 saturated carbocycles. The molecular weight excluding hydrogens is 260 g/mol. The highest BCUT2D eigenvalue weighted by Crippen LogP contribution is 2.03. The van der Waals surface area contributed by atoms with Crippen LogP contribution in [0.3, 0.4) is 0 Å². The molecule has 0 aromatic carbocycles. The first kappa shape index (κ1) is 16.7. The molecule has 1 rings (SSSR count). The van der Waals surface area contributed by atoms with E-state index in [0.29, 0.717) is 26.2 Å². The van der Waals surface area contributed by atoms with Crippen molar-refractivity contribution in [2.24, 2.45) is 0 Å². The Kier molecular flexibility index (Phi) is 7.32. The van der Waals surface area contributed by atoms with E-state index in [9.17, 15) is 9.59 Å². The number of nitrogens with one attached hydrogen (secondary N) is 1. The number of piperazine rings is 1. The normalized spacial score (nSPS) is 16.4. The Hall–Kier alpha value is -1.34. The lowest BCUT2D eigenvalue weighted by molar-refractivity contribution is -0.137.